The Morgan fingerprint density at radius 1 is 0.793 bits per heavy atom. The van der Waals surface area contributed by atoms with E-state index in [-0.39, 0.29) is 18.4 Å². The molecule has 3 rings (SSSR count). The molecule has 0 saturated heterocycles. The fourth-order valence-electron chi connectivity index (χ4n) is 2.55. The number of ether oxygens (including phenoxy) is 2. The number of carbonyl (C=O) groups excluding carboxylic acids is 2. The van der Waals surface area contributed by atoms with Crippen LogP contribution in [-0.2, 0) is 11.3 Å². The molecule has 0 aliphatic carbocycles. The van der Waals surface area contributed by atoms with Gasteiger partial charge in [-0.2, -0.15) is 0 Å². The first-order valence-electron chi connectivity index (χ1n) is 9.17. The molecular weight excluding hydrogens is 368 g/mol. The van der Waals surface area contributed by atoms with E-state index in [1.807, 2.05) is 30.3 Å². The van der Waals surface area contributed by atoms with Crippen molar-refractivity contribution in [3.8, 4) is 17.2 Å². The Morgan fingerprint density at radius 2 is 1.41 bits per heavy atom. The van der Waals surface area contributed by atoms with Crippen LogP contribution in [0, 0.1) is 0 Å². The number of para-hydroxylation sites is 1. The third kappa shape index (κ3) is 6.10. The van der Waals surface area contributed by atoms with E-state index < -0.39 is 0 Å². The minimum Gasteiger partial charge on any atom is -0.484 e. The van der Waals surface area contributed by atoms with Gasteiger partial charge in [-0.15, -0.1) is 0 Å². The molecule has 0 radical (unpaired) electrons. The van der Waals surface area contributed by atoms with Gasteiger partial charge in [0.15, 0.2) is 6.61 Å². The molecule has 0 fully saturated rings. The summed E-state index contributed by atoms with van der Waals surface area (Å²) in [5, 5.41) is 5.35. The van der Waals surface area contributed by atoms with Gasteiger partial charge in [0.25, 0.3) is 11.8 Å². The summed E-state index contributed by atoms with van der Waals surface area (Å²) in [6.45, 7) is 0.273. The van der Waals surface area contributed by atoms with E-state index in [1.54, 1.807) is 55.6 Å². The molecule has 148 valence electrons. The SMILES string of the molecule is CNC(=O)c1ccc(CNC(=O)COc2ccc(Oc3ccccc3)cc2)cc1. The summed E-state index contributed by atoms with van der Waals surface area (Å²) in [7, 11) is 1.58. The van der Waals surface area contributed by atoms with E-state index in [9.17, 15) is 9.59 Å². The topological polar surface area (TPSA) is 76.7 Å². The Hall–Kier alpha value is -3.80. The van der Waals surface area contributed by atoms with Crippen LogP contribution in [0.1, 0.15) is 15.9 Å². The predicted octanol–water partition coefficient (Wildman–Crippen LogP) is 3.53. The molecule has 0 atom stereocenters. The molecule has 0 saturated carbocycles. The van der Waals surface area contributed by atoms with Crippen molar-refractivity contribution in [3.05, 3.63) is 90.0 Å². The largest absolute Gasteiger partial charge is 0.484 e. The van der Waals surface area contributed by atoms with E-state index in [1.165, 1.54) is 0 Å². The lowest BCUT2D eigenvalue weighted by atomic mass is 10.1. The van der Waals surface area contributed by atoms with Crippen LogP contribution in [0.5, 0.6) is 17.2 Å². The summed E-state index contributed by atoms with van der Waals surface area (Å²) in [4.78, 5) is 23.5. The summed E-state index contributed by atoms with van der Waals surface area (Å²) in [5.74, 6) is 1.65. The second-order valence-electron chi connectivity index (χ2n) is 6.23. The van der Waals surface area contributed by atoms with Crippen LogP contribution in [0.3, 0.4) is 0 Å². The van der Waals surface area contributed by atoms with E-state index in [2.05, 4.69) is 10.6 Å². The summed E-state index contributed by atoms with van der Waals surface area (Å²) in [6, 6.07) is 23.6. The molecule has 0 aliphatic heterocycles. The minimum atomic E-state index is -0.231. The summed E-state index contributed by atoms with van der Waals surface area (Å²) >= 11 is 0. The summed E-state index contributed by atoms with van der Waals surface area (Å²) < 4.78 is 11.2. The average Bonchev–Trinajstić information content (AvgIpc) is 2.77. The number of amides is 2. The number of carbonyl (C=O) groups is 2. The van der Waals surface area contributed by atoms with E-state index in [0.29, 0.717) is 23.6 Å². The molecule has 0 aliphatic rings. The van der Waals surface area contributed by atoms with Crippen LogP contribution in [0.2, 0.25) is 0 Å². The first-order valence-corrected chi connectivity index (χ1v) is 9.17. The van der Waals surface area contributed by atoms with Crippen molar-refractivity contribution in [2.45, 2.75) is 6.54 Å². The molecule has 29 heavy (non-hydrogen) atoms. The smallest absolute Gasteiger partial charge is 0.258 e. The molecule has 2 N–H and O–H groups in total. The van der Waals surface area contributed by atoms with Crippen LogP contribution < -0.4 is 20.1 Å². The molecule has 3 aromatic rings. The van der Waals surface area contributed by atoms with Gasteiger partial charge in [0.1, 0.15) is 17.2 Å². The van der Waals surface area contributed by atoms with Crippen LogP contribution >= 0.6 is 0 Å². The molecule has 6 heteroatoms. The highest BCUT2D eigenvalue weighted by Crippen LogP contribution is 2.23. The van der Waals surface area contributed by atoms with Crippen molar-refractivity contribution in [2.24, 2.45) is 0 Å². The first kappa shape index (κ1) is 19.9. The first-order chi connectivity index (χ1) is 14.1. The monoisotopic (exact) mass is 390 g/mol. The molecule has 3 aromatic carbocycles. The molecular formula is C23H22N2O4. The number of hydrogen-bond donors (Lipinski definition) is 2. The lowest BCUT2D eigenvalue weighted by Gasteiger charge is -2.09. The van der Waals surface area contributed by atoms with Gasteiger partial charge in [0.05, 0.1) is 0 Å². The quantitative estimate of drug-likeness (QED) is 0.617. The number of nitrogens with one attached hydrogen (secondary N) is 2. The van der Waals surface area contributed by atoms with E-state index >= 15 is 0 Å². The zero-order valence-electron chi connectivity index (χ0n) is 16.1. The third-order valence-electron chi connectivity index (χ3n) is 4.11. The Kier molecular flexibility index (Phi) is 6.84. The zero-order chi connectivity index (χ0) is 20.5. The standard InChI is InChI=1S/C23H22N2O4/c1-24-23(27)18-9-7-17(8-10-18)15-25-22(26)16-28-19-11-13-21(14-12-19)29-20-5-3-2-4-6-20/h2-14H,15-16H2,1H3,(H,24,27)(H,25,26). The van der Waals surface area contributed by atoms with Gasteiger partial charge in [0.2, 0.25) is 0 Å². The van der Waals surface area contributed by atoms with Crippen molar-refractivity contribution in [3.63, 3.8) is 0 Å². The van der Waals surface area contributed by atoms with Crippen LogP contribution in [0.15, 0.2) is 78.9 Å². The van der Waals surface area contributed by atoms with Gasteiger partial charge in [-0.3, -0.25) is 9.59 Å². The lowest BCUT2D eigenvalue weighted by Crippen LogP contribution is -2.28. The number of benzene rings is 3. The zero-order valence-corrected chi connectivity index (χ0v) is 16.1. The van der Waals surface area contributed by atoms with Gasteiger partial charge in [-0.1, -0.05) is 30.3 Å². The molecule has 0 heterocycles. The summed E-state index contributed by atoms with van der Waals surface area (Å²) in [6.07, 6.45) is 0. The Labute approximate surface area is 169 Å². The molecule has 6 nitrogen and oxygen atoms in total. The highest BCUT2D eigenvalue weighted by Gasteiger charge is 2.05. The van der Waals surface area contributed by atoms with Gasteiger partial charge >= 0.3 is 0 Å². The number of hydrogen-bond acceptors (Lipinski definition) is 4. The fraction of sp³-hybridized carbons (Fsp3) is 0.130. The molecule has 0 unspecified atom stereocenters. The maximum Gasteiger partial charge on any atom is 0.258 e. The van der Waals surface area contributed by atoms with Crippen molar-refractivity contribution in [2.75, 3.05) is 13.7 Å². The van der Waals surface area contributed by atoms with E-state index in [0.717, 1.165) is 11.3 Å². The van der Waals surface area contributed by atoms with Gasteiger partial charge < -0.3 is 20.1 Å². The minimum absolute atomic E-state index is 0.0881. The Balaban J connectivity index is 1.42. The molecule has 0 bridgehead atoms. The maximum absolute atomic E-state index is 12.0. The average molecular weight is 390 g/mol. The highest BCUT2D eigenvalue weighted by atomic mass is 16.5. The van der Waals surface area contributed by atoms with Crippen LogP contribution in [-0.4, -0.2) is 25.5 Å². The van der Waals surface area contributed by atoms with Gasteiger partial charge in [0, 0.05) is 19.2 Å². The van der Waals surface area contributed by atoms with Crippen molar-refractivity contribution in [1.82, 2.24) is 10.6 Å². The third-order valence-corrected chi connectivity index (χ3v) is 4.11. The van der Waals surface area contributed by atoms with Gasteiger partial charge in [-0.25, -0.2) is 0 Å². The number of rotatable bonds is 8. The Morgan fingerprint density at radius 3 is 2.07 bits per heavy atom. The normalized spacial score (nSPS) is 10.1. The highest BCUT2D eigenvalue weighted by molar-refractivity contribution is 5.93. The summed E-state index contributed by atoms with van der Waals surface area (Å²) in [5.41, 5.74) is 1.47. The van der Waals surface area contributed by atoms with Crippen molar-refractivity contribution in [1.29, 1.82) is 0 Å². The van der Waals surface area contributed by atoms with Gasteiger partial charge in [-0.05, 0) is 54.1 Å². The molecule has 0 spiro atoms. The van der Waals surface area contributed by atoms with Crippen LogP contribution in [0.25, 0.3) is 0 Å². The predicted molar refractivity (Wildman–Crippen MR) is 110 cm³/mol. The van der Waals surface area contributed by atoms with Crippen molar-refractivity contribution < 1.29 is 19.1 Å². The van der Waals surface area contributed by atoms with Crippen molar-refractivity contribution >= 4 is 11.8 Å². The fourth-order valence-corrected chi connectivity index (χ4v) is 2.55. The molecule has 2 amide bonds. The van der Waals surface area contributed by atoms with Crippen LogP contribution in [0.4, 0.5) is 0 Å². The van der Waals surface area contributed by atoms with E-state index in [4.69, 9.17) is 9.47 Å². The molecule has 0 aromatic heterocycles. The second-order valence-corrected chi connectivity index (χ2v) is 6.23. The Bertz CT molecular complexity index is 939. The maximum atomic E-state index is 12.0. The second kappa shape index (κ2) is 9.94. The lowest BCUT2D eigenvalue weighted by molar-refractivity contribution is -0.123.